The highest BCUT2D eigenvalue weighted by Crippen LogP contribution is 2.27. The van der Waals surface area contributed by atoms with Gasteiger partial charge in [0.25, 0.3) is 5.91 Å². The Labute approximate surface area is 308 Å². The molecular formula is C39H46N6O8. The molecule has 0 unspecified atom stereocenters. The molecular weight excluding hydrogens is 680 g/mol. The number of carboxylic acid groups (broad SMARTS) is 1. The van der Waals surface area contributed by atoms with Crippen molar-refractivity contribution in [1.29, 1.82) is 0 Å². The van der Waals surface area contributed by atoms with Crippen LogP contribution in [0, 0.1) is 0 Å². The molecule has 3 heterocycles. The van der Waals surface area contributed by atoms with Gasteiger partial charge in [-0.3, -0.25) is 9.59 Å². The Hall–Kier alpha value is -5.92. The molecule has 6 rings (SSSR count). The number of nitrogens with one attached hydrogen (secondary N) is 3. The van der Waals surface area contributed by atoms with Crippen molar-refractivity contribution in [2.45, 2.75) is 77.5 Å². The number of ether oxygens (including phenoxy) is 4. The SMILES string of the molecule is CCOc1nc2nc(n1)Nc1ccc(C(=O)N[C@@H](CCCCC(=O)OCc3ccccc3)C(=O)O)c(c1)OCCCCCCOc1ccc(cc1)CN2. The molecule has 6 bridgehead atoms. The van der Waals surface area contributed by atoms with Crippen LogP contribution in [0.2, 0.25) is 0 Å². The van der Waals surface area contributed by atoms with Gasteiger partial charge in [0.1, 0.15) is 24.1 Å². The zero-order valence-electron chi connectivity index (χ0n) is 29.8. The monoisotopic (exact) mass is 726 g/mol. The van der Waals surface area contributed by atoms with Crippen molar-refractivity contribution in [3.05, 3.63) is 89.5 Å². The van der Waals surface area contributed by atoms with Gasteiger partial charge in [0.15, 0.2) is 0 Å². The molecule has 1 atom stereocenters. The van der Waals surface area contributed by atoms with Crippen LogP contribution in [0.25, 0.3) is 0 Å². The van der Waals surface area contributed by atoms with Crippen LogP contribution in [0.3, 0.4) is 0 Å². The van der Waals surface area contributed by atoms with Gasteiger partial charge in [-0.25, -0.2) is 4.79 Å². The van der Waals surface area contributed by atoms with Gasteiger partial charge in [-0.1, -0.05) is 48.9 Å². The average Bonchev–Trinajstić information content (AvgIpc) is 3.16. The number of hydrogen-bond donors (Lipinski definition) is 4. The number of amides is 1. The van der Waals surface area contributed by atoms with E-state index in [-0.39, 0.29) is 48.7 Å². The fourth-order valence-corrected chi connectivity index (χ4v) is 5.46. The van der Waals surface area contributed by atoms with Crippen molar-refractivity contribution in [3.63, 3.8) is 0 Å². The van der Waals surface area contributed by atoms with E-state index in [2.05, 4.69) is 30.9 Å². The Bertz CT molecular complexity index is 1790. The number of carbonyl (C=O) groups excluding carboxylic acids is 2. The van der Waals surface area contributed by atoms with Crippen molar-refractivity contribution < 1.29 is 38.4 Å². The van der Waals surface area contributed by atoms with E-state index in [1.165, 1.54) is 0 Å². The summed E-state index contributed by atoms with van der Waals surface area (Å²) in [6.07, 6.45) is 4.53. The number of esters is 1. The Morgan fingerprint density at radius 1 is 0.887 bits per heavy atom. The molecule has 0 aliphatic carbocycles. The maximum atomic E-state index is 13.5. The average molecular weight is 727 g/mol. The van der Waals surface area contributed by atoms with Gasteiger partial charge < -0.3 is 40.0 Å². The first kappa shape index (κ1) is 38.3. The van der Waals surface area contributed by atoms with Gasteiger partial charge in [-0.05, 0) is 80.8 Å². The third-order valence-electron chi connectivity index (χ3n) is 8.28. The van der Waals surface area contributed by atoms with E-state index in [1.54, 1.807) is 18.2 Å². The molecule has 280 valence electrons. The fraction of sp³-hybridized carbons (Fsp3) is 0.385. The lowest BCUT2D eigenvalue weighted by molar-refractivity contribution is -0.145. The molecule has 3 aromatic carbocycles. The summed E-state index contributed by atoms with van der Waals surface area (Å²) in [6, 6.07) is 21.0. The first-order valence-electron chi connectivity index (χ1n) is 18.0. The number of carboxylic acids is 1. The minimum absolute atomic E-state index is 0.130. The standard InChI is InChI=1S/C39H46N6O8/c1-2-50-39-44-37-40-25-27-16-19-30(20-17-27)51-22-10-3-4-11-23-52-33-24-29(41-38(43-37)45-39)18-21-31(33)35(47)42-32(36(48)49)14-8-9-15-34(46)53-26-28-12-6-5-7-13-28/h5-7,12-13,16-21,24,32H,2-4,8-11,14-15,22-23,25-26H2,1H3,(H,42,47)(H,48,49)(H2,40,41,43,44,45)/t32-/m0/s1. The molecule has 1 amide bonds. The van der Waals surface area contributed by atoms with Crippen molar-refractivity contribution in [2.24, 2.45) is 0 Å². The van der Waals surface area contributed by atoms with Crippen LogP contribution in [-0.2, 0) is 27.5 Å². The number of aliphatic carboxylic acids is 1. The number of benzene rings is 3. The van der Waals surface area contributed by atoms with Gasteiger partial charge in [-0.15, -0.1) is 0 Å². The molecule has 4 aromatic rings. The molecule has 0 radical (unpaired) electrons. The first-order chi connectivity index (χ1) is 25.9. The lowest BCUT2D eigenvalue weighted by Crippen LogP contribution is -2.40. The van der Waals surface area contributed by atoms with Gasteiger partial charge >= 0.3 is 17.9 Å². The Morgan fingerprint density at radius 3 is 2.40 bits per heavy atom. The number of carbonyl (C=O) groups is 3. The molecule has 2 aliphatic heterocycles. The number of hydrogen-bond acceptors (Lipinski definition) is 12. The molecule has 1 aromatic heterocycles. The Kier molecular flexibility index (Phi) is 14.6. The highest BCUT2D eigenvalue weighted by Gasteiger charge is 2.23. The number of unbranched alkanes of at least 4 members (excludes halogenated alkanes) is 1. The first-order valence-corrected chi connectivity index (χ1v) is 18.0. The number of aromatic nitrogens is 3. The minimum Gasteiger partial charge on any atom is -0.494 e. The molecule has 53 heavy (non-hydrogen) atoms. The topological polar surface area (TPSA) is 183 Å². The maximum Gasteiger partial charge on any atom is 0.326 e. The van der Waals surface area contributed by atoms with Crippen molar-refractivity contribution >= 4 is 35.4 Å². The van der Waals surface area contributed by atoms with Crippen LogP contribution in [0.15, 0.2) is 72.8 Å². The van der Waals surface area contributed by atoms with Crippen LogP contribution < -0.4 is 30.2 Å². The second kappa shape index (κ2) is 20.2. The zero-order valence-corrected chi connectivity index (χ0v) is 29.8. The minimum atomic E-state index is -1.18. The summed E-state index contributed by atoms with van der Waals surface area (Å²) < 4.78 is 22.9. The fourth-order valence-electron chi connectivity index (χ4n) is 5.46. The predicted molar refractivity (Wildman–Crippen MR) is 198 cm³/mol. The number of nitrogens with zero attached hydrogens (tertiary/aromatic N) is 3. The zero-order chi connectivity index (χ0) is 37.3. The van der Waals surface area contributed by atoms with E-state index in [9.17, 15) is 19.5 Å². The number of anilines is 3. The highest BCUT2D eigenvalue weighted by atomic mass is 16.5. The second-order valence-electron chi connectivity index (χ2n) is 12.4. The lowest BCUT2D eigenvalue weighted by atomic mass is 10.1. The van der Waals surface area contributed by atoms with Gasteiger partial charge in [0.05, 0.1) is 25.4 Å². The summed E-state index contributed by atoms with van der Waals surface area (Å²) in [5.74, 6) is -0.566. The van der Waals surface area contributed by atoms with Crippen molar-refractivity contribution in [1.82, 2.24) is 20.3 Å². The van der Waals surface area contributed by atoms with Crippen LogP contribution in [-0.4, -0.2) is 63.8 Å². The molecule has 2 aliphatic rings. The van der Waals surface area contributed by atoms with E-state index < -0.39 is 17.9 Å². The normalized spacial score (nSPS) is 13.8. The lowest BCUT2D eigenvalue weighted by Gasteiger charge is -2.17. The van der Waals surface area contributed by atoms with Crippen LogP contribution in [0.5, 0.6) is 17.5 Å². The van der Waals surface area contributed by atoms with Crippen LogP contribution in [0.1, 0.15) is 79.8 Å². The van der Waals surface area contributed by atoms with Crippen LogP contribution in [0.4, 0.5) is 17.6 Å². The van der Waals surface area contributed by atoms with Crippen LogP contribution >= 0.6 is 0 Å². The third kappa shape index (κ3) is 12.7. The Morgan fingerprint density at radius 2 is 1.64 bits per heavy atom. The van der Waals surface area contributed by atoms with Gasteiger partial charge in [0, 0.05) is 24.7 Å². The second-order valence-corrected chi connectivity index (χ2v) is 12.4. The summed E-state index contributed by atoms with van der Waals surface area (Å²) in [6.45, 7) is 3.74. The van der Waals surface area contributed by atoms with E-state index >= 15 is 0 Å². The van der Waals surface area contributed by atoms with E-state index in [1.807, 2.05) is 61.5 Å². The molecule has 0 spiro atoms. The number of rotatable bonds is 12. The summed E-state index contributed by atoms with van der Waals surface area (Å²) in [7, 11) is 0. The summed E-state index contributed by atoms with van der Waals surface area (Å²) in [5, 5.41) is 18.9. The van der Waals surface area contributed by atoms with E-state index in [4.69, 9.17) is 18.9 Å². The van der Waals surface area contributed by atoms with Crippen molar-refractivity contribution in [3.8, 4) is 17.5 Å². The van der Waals surface area contributed by atoms with Crippen molar-refractivity contribution in [2.75, 3.05) is 30.5 Å². The summed E-state index contributed by atoms with van der Waals surface area (Å²) in [5.41, 5.74) is 2.60. The van der Waals surface area contributed by atoms with E-state index in [0.29, 0.717) is 50.8 Å². The van der Waals surface area contributed by atoms with E-state index in [0.717, 1.165) is 42.6 Å². The summed E-state index contributed by atoms with van der Waals surface area (Å²) >= 11 is 0. The smallest absolute Gasteiger partial charge is 0.326 e. The molecule has 0 saturated carbocycles. The van der Waals surface area contributed by atoms with Gasteiger partial charge in [-0.2, -0.15) is 15.0 Å². The molecule has 14 heteroatoms. The van der Waals surface area contributed by atoms with Gasteiger partial charge in [0.2, 0.25) is 11.9 Å². The Balaban J connectivity index is 1.26. The predicted octanol–water partition coefficient (Wildman–Crippen LogP) is 6.44. The molecule has 0 fully saturated rings. The third-order valence-corrected chi connectivity index (χ3v) is 8.28. The number of fused-ring (bicyclic) bond motifs is 10. The molecule has 0 saturated heterocycles. The highest BCUT2D eigenvalue weighted by molar-refractivity contribution is 5.99. The maximum absolute atomic E-state index is 13.5. The summed E-state index contributed by atoms with van der Waals surface area (Å²) in [4.78, 5) is 51.1. The largest absolute Gasteiger partial charge is 0.494 e. The quantitative estimate of drug-likeness (QED) is 0.0925. The molecule has 14 nitrogen and oxygen atoms in total. The molecule has 4 N–H and O–H groups in total.